The zero-order valence-corrected chi connectivity index (χ0v) is 10.7. The van der Waals surface area contributed by atoms with Gasteiger partial charge in [-0.25, -0.2) is 9.89 Å². The van der Waals surface area contributed by atoms with Crippen LogP contribution in [-0.4, -0.2) is 21.4 Å². The number of benzene rings is 1. The molecule has 0 fully saturated rings. The van der Waals surface area contributed by atoms with E-state index in [0.29, 0.717) is 5.82 Å². The van der Waals surface area contributed by atoms with E-state index in [1.807, 2.05) is 24.3 Å². The first-order valence-corrected chi connectivity index (χ1v) is 5.79. The third kappa shape index (κ3) is 3.34. The van der Waals surface area contributed by atoms with E-state index in [1.54, 1.807) is 6.21 Å². The SMILES string of the molecule is O=c1nc(N/N=C/c2ccccc2I)cn[nH]1. The Morgan fingerprint density at radius 1 is 1.41 bits per heavy atom. The molecule has 1 heterocycles. The van der Waals surface area contributed by atoms with Crippen LogP contribution < -0.4 is 11.1 Å². The van der Waals surface area contributed by atoms with Gasteiger partial charge >= 0.3 is 5.69 Å². The van der Waals surface area contributed by atoms with E-state index < -0.39 is 5.69 Å². The Bertz CT molecular complexity index is 595. The molecule has 2 rings (SSSR count). The van der Waals surface area contributed by atoms with Crippen molar-refractivity contribution in [3.05, 3.63) is 50.1 Å². The van der Waals surface area contributed by atoms with E-state index in [0.717, 1.165) is 9.13 Å². The van der Waals surface area contributed by atoms with E-state index in [2.05, 4.69) is 48.3 Å². The Labute approximate surface area is 110 Å². The topological polar surface area (TPSA) is 83.0 Å². The van der Waals surface area contributed by atoms with Gasteiger partial charge in [0.1, 0.15) is 0 Å². The second-order valence-corrected chi connectivity index (χ2v) is 4.23. The van der Waals surface area contributed by atoms with E-state index in [4.69, 9.17) is 0 Å². The van der Waals surface area contributed by atoms with Gasteiger partial charge in [0.15, 0.2) is 5.82 Å². The van der Waals surface area contributed by atoms with Crippen molar-refractivity contribution in [3.63, 3.8) is 0 Å². The van der Waals surface area contributed by atoms with E-state index >= 15 is 0 Å². The molecule has 0 saturated carbocycles. The number of H-pyrrole nitrogens is 1. The van der Waals surface area contributed by atoms with Crippen LogP contribution in [0, 0.1) is 3.57 Å². The number of halogens is 1. The summed E-state index contributed by atoms with van der Waals surface area (Å²) in [4.78, 5) is 14.5. The second-order valence-electron chi connectivity index (χ2n) is 3.06. The van der Waals surface area contributed by atoms with Gasteiger partial charge in [-0.15, -0.1) is 0 Å². The molecule has 0 saturated heterocycles. The Morgan fingerprint density at radius 2 is 2.24 bits per heavy atom. The van der Waals surface area contributed by atoms with Crippen LogP contribution in [0.5, 0.6) is 0 Å². The van der Waals surface area contributed by atoms with Gasteiger partial charge in [-0.2, -0.15) is 15.2 Å². The van der Waals surface area contributed by atoms with Crippen molar-refractivity contribution in [1.82, 2.24) is 15.2 Å². The predicted octanol–water partition coefficient (Wildman–Crippen LogP) is 1.22. The van der Waals surface area contributed by atoms with Crippen molar-refractivity contribution in [2.24, 2.45) is 5.10 Å². The van der Waals surface area contributed by atoms with Crippen molar-refractivity contribution in [2.45, 2.75) is 0 Å². The summed E-state index contributed by atoms with van der Waals surface area (Å²) in [6.45, 7) is 0. The number of aromatic nitrogens is 3. The van der Waals surface area contributed by atoms with Crippen LogP contribution in [0.2, 0.25) is 0 Å². The molecule has 0 bridgehead atoms. The van der Waals surface area contributed by atoms with Crippen LogP contribution in [-0.2, 0) is 0 Å². The lowest BCUT2D eigenvalue weighted by molar-refractivity contribution is 0.913. The number of hydrogen-bond donors (Lipinski definition) is 2. The molecular formula is C10H8IN5O. The molecular weight excluding hydrogens is 333 g/mol. The zero-order chi connectivity index (χ0) is 12.1. The fourth-order valence-electron chi connectivity index (χ4n) is 1.11. The maximum Gasteiger partial charge on any atom is 0.363 e. The fourth-order valence-corrected chi connectivity index (χ4v) is 1.64. The standard InChI is InChI=1S/C10H8IN5O/c11-8-4-2-1-3-7(8)5-12-15-9-6-13-16-10(17)14-9/h1-6H,(H2,14,15,16,17)/b12-5+. The lowest BCUT2D eigenvalue weighted by atomic mass is 10.2. The summed E-state index contributed by atoms with van der Waals surface area (Å²) in [5.41, 5.74) is 3.10. The lowest BCUT2D eigenvalue weighted by Crippen LogP contribution is -2.13. The molecule has 0 atom stereocenters. The molecule has 0 spiro atoms. The Morgan fingerprint density at radius 3 is 3.00 bits per heavy atom. The average molecular weight is 341 g/mol. The van der Waals surface area contributed by atoms with Gasteiger partial charge < -0.3 is 0 Å². The number of rotatable bonds is 3. The summed E-state index contributed by atoms with van der Waals surface area (Å²) < 4.78 is 1.09. The molecule has 6 nitrogen and oxygen atoms in total. The van der Waals surface area contributed by atoms with Gasteiger partial charge in [0.25, 0.3) is 0 Å². The van der Waals surface area contributed by atoms with E-state index in [1.165, 1.54) is 6.20 Å². The smallest absolute Gasteiger partial charge is 0.260 e. The summed E-state index contributed by atoms with van der Waals surface area (Å²) in [5.74, 6) is 0.302. The van der Waals surface area contributed by atoms with Gasteiger partial charge in [0, 0.05) is 9.13 Å². The van der Waals surface area contributed by atoms with Gasteiger partial charge in [0.05, 0.1) is 12.4 Å². The quantitative estimate of drug-likeness (QED) is 0.500. The van der Waals surface area contributed by atoms with Gasteiger partial charge in [-0.05, 0) is 28.7 Å². The van der Waals surface area contributed by atoms with Crippen molar-refractivity contribution in [2.75, 3.05) is 5.43 Å². The first-order chi connectivity index (χ1) is 8.25. The maximum absolute atomic E-state index is 10.9. The highest BCUT2D eigenvalue weighted by Crippen LogP contribution is 2.08. The number of hydrogen-bond acceptors (Lipinski definition) is 5. The van der Waals surface area contributed by atoms with E-state index in [-0.39, 0.29) is 0 Å². The minimum Gasteiger partial charge on any atom is -0.260 e. The zero-order valence-electron chi connectivity index (χ0n) is 8.59. The van der Waals surface area contributed by atoms with Gasteiger partial charge in [-0.1, -0.05) is 18.2 Å². The lowest BCUT2D eigenvalue weighted by Gasteiger charge is -1.98. The van der Waals surface area contributed by atoms with Crippen LogP contribution in [0.25, 0.3) is 0 Å². The van der Waals surface area contributed by atoms with Crippen LogP contribution in [0.1, 0.15) is 5.56 Å². The number of aromatic amines is 1. The Balaban J connectivity index is 2.08. The second kappa shape index (κ2) is 5.53. The maximum atomic E-state index is 10.9. The van der Waals surface area contributed by atoms with Crippen LogP contribution in [0.15, 0.2) is 40.4 Å². The highest BCUT2D eigenvalue weighted by molar-refractivity contribution is 14.1. The molecule has 0 aliphatic carbocycles. The van der Waals surface area contributed by atoms with Gasteiger partial charge in [0.2, 0.25) is 0 Å². The molecule has 7 heteroatoms. The fraction of sp³-hybridized carbons (Fsp3) is 0. The largest absolute Gasteiger partial charge is 0.363 e. The van der Waals surface area contributed by atoms with Crippen molar-refractivity contribution in [3.8, 4) is 0 Å². The molecule has 86 valence electrons. The minimum atomic E-state index is -0.514. The molecule has 1 aromatic carbocycles. The first-order valence-electron chi connectivity index (χ1n) is 4.71. The minimum absolute atomic E-state index is 0.302. The average Bonchev–Trinajstić information content (AvgIpc) is 2.32. The molecule has 2 N–H and O–H groups in total. The number of hydrazone groups is 1. The van der Waals surface area contributed by atoms with Crippen molar-refractivity contribution in [1.29, 1.82) is 0 Å². The molecule has 1 aromatic heterocycles. The molecule has 0 radical (unpaired) electrons. The third-order valence-corrected chi connectivity index (χ3v) is 2.84. The highest BCUT2D eigenvalue weighted by atomic mass is 127. The number of nitrogens with one attached hydrogen (secondary N) is 2. The van der Waals surface area contributed by atoms with Crippen LogP contribution >= 0.6 is 22.6 Å². The predicted molar refractivity (Wildman–Crippen MR) is 73.0 cm³/mol. The Hall–Kier alpha value is -1.77. The monoisotopic (exact) mass is 341 g/mol. The molecule has 17 heavy (non-hydrogen) atoms. The number of anilines is 1. The van der Waals surface area contributed by atoms with Crippen molar-refractivity contribution < 1.29 is 0 Å². The summed E-state index contributed by atoms with van der Waals surface area (Å²) in [6, 6.07) is 7.80. The molecule has 0 aliphatic rings. The summed E-state index contributed by atoms with van der Waals surface area (Å²) in [5, 5.41) is 9.75. The summed E-state index contributed by atoms with van der Waals surface area (Å²) >= 11 is 2.22. The van der Waals surface area contributed by atoms with Crippen LogP contribution in [0.4, 0.5) is 5.82 Å². The summed E-state index contributed by atoms with van der Waals surface area (Å²) in [7, 11) is 0. The van der Waals surface area contributed by atoms with Gasteiger partial charge in [-0.3, -0.25) is 5.43 Å². The normalized spacial score (nSPS) is 10.6. The third-order valence-electron chi connectivity index (χ3n) is 1.86. The number of nitrogens with zero attached hydrogens (tertiary/aromatic N) is 3. The van der Waals surface area contributed by atoms with E-state index in [9.17, 15) is 4.79 Å². The first kappa shape index (κ1) is 11.7. The summed E-state index contributed by atoms with van der Waals surface area (Å²) in [6.07, 6.45) is 3.04. The van der Waals surface area contributed by atoms with Crippen molar-refractivity contribution >= 4 is 34.6 Å². The molecule has 2 aromatic rings. The molecule has 0 amide bonds. The molecule has 0 unspecified atom stereocenters. The van der Waals surface area contributed by atoms with Crippen LogP contribution in [0.3, 0.4) is 0 Å². The highest BCUT2D eigenvalue weighted by Gasteiger charge is 1.94. The Kier molecular flexibility index (Phi) is 3.81. The molecule has 0 aliphatic heterocycles.